The molecule has 0 spiro atoms. The molecule has 6 nitrogen and oxygen atoms in total. The first-order chi connectivity index (χ1) is 10.3. The number of hydrogen-bond donors (Lipinski definition) is 1. The number of nitrogens with one attached hydrogen (secondary N) is 1. The summed E-state index contributed by atoms with van der Waals surface area (Å²) in [5.74, 6) is -0.105. The second kappa shape index (κ2) is 8.03. The van der Waals surface area contributed by atoms with Gasteiger partial charge in [0.25, 0.3) is 5.91 Å². The first-order valence-corrected chi connectivity index (χ1v) is 7.52. The number of ether oxygens (including phenoxy) is 3. The fourth-order valence-corrected chi connectivity index (χ4v) is 2.22. The molecule has 0 aliphatic heterocycles. The van der Waals surface area contributed by atoms with E-state index >= 15 is 0 Å². The van der Waals surface area contributed by atoms with Gasteiger partial charge in [-0.3, -0.25) is 4.79 Å². The molecule has 1 rings (SSSR count). The fraction of sp³-hybridized carbons (Fsp3) is 0.467. The molecule has 122 valence electrons. The molecule has 7 heteroatoms. The van der Waals surface area contributed by atoms with E-state index in [9.17, 15) is 9.59 Å². The van der Waals surface area contributed by atoms with E-state index in [1.165, 1.54) is 33.3 Å². The summed E-state index contributed by atoms with van der Waals surface area (Å²) in [7, 11) is 2.96. The third-order valence-electron chi connectivity index (χ3n) is 2.77. The molecule has 22 heavy (non-hydrogen) atoms. The maximum Gasteiger partial charge on any atom is 0.339 e. The van der Waals surface area contributed by atoms with Crippen LogP contribution in [0.2, 0.25) is 0 Å². The standard InChI is InChI=1S/C15H20BrNO5/c1-8(2)17-14(18)9(3)22-15(19)10-6-11(20-4)13(16)12(7-10)21-5/h6-9H,1-5H3,(H,17,18)/t9-/m1/s1. The van der Waals surface area contributed by atoms with Crippen LogP contribution in [0.4, 0.5) is 0 Å². The number of halogens is 1. The highest BCUT2D eigenvalue weighted by Crippen LogP contribution is 2.35. The van der Waals surface area contributed by atoms with Gasteiger partial charge in [-0.15, -0.1) is 0 Å². The average Bonchev–Trinajstić information content (AvgIpc) is 2.46. The zero-order valence-corrected chi connectivity index (χ0v) is 14.8. The van der Waals surface area contributed by atoms with Gasteiger partial charge in [0, 0.05) is 6.04 Å². The Hall–Kier alpha value is -1.76. The summed E-state index contributed by atoms with van der Waals surface area (Å²) < 4.78 is 16.1. The van der Waals surface area contributed by atoms with Crippen molar-refractivity contribution in [2.24, 2.45) is 0 Å². The highest BCUT2D eigenvalue weighted by Gasteiger charge is 2.21. The predicted octanol–water partition coefficient (Wildman–Crippen LogP) is 2.54. The maximum atomic E-state index is 12.2. The molecule has 0 aromatic heterocycles. The van der Waals surface area contributed by atoms with Crippen molar-refractivity contribution >= 4 is 27.8 Å². The van der Waals surface area contributed by atoms with Crippen molar-refractivity contribution in [3.05, 3.63) is 22.2 Å². The van der Waals surface area contributed by atoms with Gasteiger partial charge in [0.05, 0.1) is 19.8 Å². The van der Waals surface area contributed by atoms with E-state index in [0.29, 0.717) is 16.0 Å². The summed E-state index contributed by atoms with van der Waals surface area (Å²) in [6.45, 7) is 5.18. The van der Waals surface area contributed by atoms with Gasteiger partial charge < -0.3 is 19.5 Å². The van der Waals surface area contributed by atoms with Crippen molar-refractivity contribution in [3.63, 3.8) is 0 Å². The SMILES string of the molecule is COc1cc(C(=O)O[C@H](C)C(=O)NC(C)C)cc(OC)c1Br. The van der Waals surface area contributed by atoms with Crippen LogP contribution < -0.4 is 14.8 Å². The Balaban J connectivity index is 2.92. The molecule has 0 saturated heterocycles. The Kier molecular flexibility index (Phi) is 6.67. The van der Waals surface area contributed by atoms with Gasteiger partial charge in [-0.25, -0.2) is 4.79 Å². The third kappa shape index (κ3) is 4.62. The summed E-state index contributed by atoms with van der Waals surface area (Å²) in [6.07, 6.45) is -0.893. The van der Waals surface area contributed by atoms with Crippen LogP contribution >= 0.6 is 15.9 Å². The van der Waals surface area contributed by atoms with E-state index in [1.807, 2.05) is 13.8 Å². The summed E-state index contributed by atoms with van der Waals surface area (Å²) in [6, 6.07) is 3.01. The number of esters is 1. The molecule has 0 unspecified atom stereocenters. The molecule has 0 aliphatic carbocycles. The second-order valence-corrected chi connectivity index (χ2v) is 5.70. The van der Waals surface area contributed by atoms with Gasteiger partial charge in [0.15, 0.2) is 6.10 Å². The van der Waals surface area contributed by atoms with Gasteiger partial charge in [-0.05, 0) is 48.8 Å². The number of benzene rings is 1. The van der Waals surface area contributed by atoms with E-state index < -0.39 is 12.1 Å². The van der Waals surface area contributed by atoms with E-state index in [-0.39, 0.29) is 17.5 Å². The maximum absolute atomic E-state index is 12.2. The molecule has 0 bridgehead atoms. The molecule has 0 radical (unpaired) electrons. The van der Waals surface area contributed by atoms with E-state index in [2.05, 4.69) is 21.2 Å². The van der Waals surface area contributed by atoms with Crippen LogP contribution in [0, 0.1) is 0 Å². The first kappa shape index (κ1) is 18.3. The molecule has 1 N–H and O–H groups in total. The highest BCUT2D eigenvalue weighted by molar-refractivity contribution is 9.10. The Morgan fingerprint density at radius 1 is 1.09 bits per heavy atom. The van der Waals surface area contributed by atoms with E-state index in [1.54, 1.807) is 0 Å². The van der Waals surface area contributed by atoms with E-state index in [4.69, 9.17) is 14.2 Å². The summed E-state index contributed by atoms with van der Waals surface area (Å²) in [5.41, 5.74) is 0.237. The second-order valence-electron chi connectivity index (χ2n) is 4.91. The molecule has 1 aromatic rings. The smallest absolute Gasteiger partial charge is 0.339 e. The lowest BCUT2D eigenvalue weighted by Crippen LogP contribution is -2.39. The van der Waals surface area contributed by atoms with Crippen LogP contribution in [0.1, 0.15) is 31.1 Å². The van der Waals surface area contributed by atoms with Gasteiger partial charge >= 0.3 is 5.97 Å². The van der Waals surface area contributed by atoms with Gasteiger partial charge in [0.1, 0.15) is 16.0 Å². The molecule has 0 aliphatic rings. The van der Waals surface area contributed by atoms with Gasteiger partial charge in [0.2, 0.25) is 0 Å². The molecule has 0 fully saturated rings. The minimum absolute atomic E-state index is 0.0264. The number of rotatable bonds is 6. The minimum atomic E-state index is -0.893. The quantitative estimate of drug-likeness (QED) is 0.775. The molecular weight excluding hydrogens is 354 g/mol. The van der Waals surface area contributed by atoms with Crippen molar-refractivity contribution in [1.82, 2.24) is 5.32 Å². The van der Waals surface area contributed by atoms with Gasteiger partial charge in [-0.1, -0.05) is 0 Å². The average molecular weight is 374 g/mol. The predicted molar refractivity (Wildman–Crippen MR) is 85.4 cm³/mol. The Morgan fingerprint density at radius 3 is 2.00 bits per heavy atom. The number of methoxy groups -OCH3 is 2. The van der Waals surface area contributed by atoms with Crippen LogP contribution in [0.3, 0.4) is 0 Å². The highest BCUT2D eigenvalue weighted by atomic mass is 79.9. The van der Waals surface area contributed by atoms with Crippen LogP contribution in [0.5, 0.6) is 11.5 Å². The molecular formula is C15H20BrNO5. The van der Waals surface area contributed by atoms with Crippen molar-refractivity contribution in [2.75, 3.05) is 14.2 Å². The molecule has 1 atom stereocenters. The monoisotopic (exact) mass is 373 g/mol. The number of carbonyl (C=O) groups is 2. The number of carbonyl (C=O) groups excluding carboxylic acids is 2. The van der Waals surface area contributed by atoms with Gasteiger partial charge in [-0.2, -0.15) is 0 Å². The lowest BCUT2D eigenvalue weighted by molar-refractivity contribution is -0.129. The summed E-state index contributed by atoms with van der Waals surface area (Å²) in [4.78, 5) is 23.9. The summed E-state index contributed by atoms with van der Waals surface area (Å²) >= 11 is 3.32. The topological polar surface area (TPSA) is 73.9 Å². The van der Waals surface area contributed by atoms with Crippen molar-refractivity contribution in [3.8, 4) is 11.5 Å². The molecule has 1 aromatic carbocycles. The van der Waals surface area contributed by atoms with E-state index in [0.717, 1.165) is 0 Å². The fourth-order valence-electron chi connectivity index (χ4n) is 1.67. The molecule has 1 amide bonds. The van der Waals surface area contributed by atoms with Crippen molar-refractivity contribution in [2.45, 2.75) is 32.9 Å². The minimum Gasteiger partial charge on any atom is -0.495 e. The van der Waals surface area contributed by atoms with Crippen LogP contribution in [-0.4, -0.2) is 38.2 Å². The number of amides is 1. The van der Waals surface area contributed by atoms with Crippen molar-refractivity contribution in [1.29, 1.82) is 0 Å². The molecule has 0 saturated carbocycles. The van der Waals surface area contributed by atoms with Crippen LogP contribution in [0.15, 0.2) is 16.6 Å². The number of hydrogen-bond acceptors (Lipinski definition) is 5. The molecule has 0 heterocycles. The normalized spacial score (nSPS) is 11.8. The van der Waals surface area contributed by atoms with Crippen molar-refractivity contribution < 1.29 is 23.8 Å². The lowest BCUT2D eigenvalue weighted by Gasteiger charge is -2.16. The zero-order valence-electron chi connectivity index (χ0n) is 13.2. The van der Waals surface area contributed by atoms with Crippen LogP contribution in [-0.2, 0) is 9.53 Å². The third-order valence-corrected chi connectivity index (χ3v) is 3.55. The lowest BCUT2D eigenvalue weighted by atomic mass is 10.2. The van der Waals surface area contributed by atoms with Crippen LogP contribution in [0.25, 0.3) is 0 Å². The summed E-state index contributed by atoms with van der Waals surface area (Å²) in [5, 5.41) is 2.68. The Bertz CT molecular complexity index is 534. The first-order valence-electron chi connectivity index (χ1n) is 6.73. The zero-order chi connectivity index (χ0) is 16.9. The Labute approximate surface area is 138 Å². The largest absolute Gasteiger partial charge is 0.495 e. The Morgan fingerprint density at radius 2 is 1.59 bits per heavy atom.